The molecule has 3 nitrogen and oxygen atoms in total. The molecule has 0 aliphatic rings. The van der Waals surface area contributed by atoms with Gasteiger partial charge in [-0.1, -0.05) is 20.8 Å². The number of aliphatic carboxylic acids is 1. The van der Waals surface area contributed by atoms with E-state index in [0.717, 1.165) is 18.7 Å². The van der Waals surface area contributed by atoms with E-state index in [9.17, 15) is 4.79 Å². The second kappa shape index (κ2) is 6.16. The number of carboxylic acid groups (broad SMARTS) is 1. The van der Waals surface area contributed by atoms with E-state index in [-0.39, 0.29) is 5.41 Å². The molecule has 1 heterocycles. The Morgan fingerprint density at radius 1 is 1.50 bits per heavy atom. The highest BCUT2D eigenvalue weighted by molar-refractivity contribution is 7.10. The van der Waals surface area contributed by atoms with Gasteiger partial charge in [0.05, 0.1) is 0 Å². The van der Waals surface area contributed by atoms with Gasteiger partial charge in [-0.2, -0.15) is 0 Å². The lowest BCUT2D eigenvalue weighted by Crippen LogP contribution is -2.28. The minimum Gasteiger partial charge on any atom is -0.478 e. The van der Waals surface area contributed by atoms with Crippen LogP contribution < -0.4 is 0 Å². The summed E-state index contributed by atoms with van der Waals surface area (Å²) in [7, 11) is 2.09. The minimum absolute atomic E-state index is 0.267. The number of carbonyl (C=O) groups is 1. The summed E-state index contributed by atoms with van der Waals surface area (Å²) in [5, 5.41) is 10.6. The third-order valence-electron chi connectivity index (χ3n) is 2.34. The molecule has 1 N–H and O–H groups in total. The molecule has 4 heteroatoms. The van der Waals surface area contributed by atoms with E-state index in [2.05, 4.69) is 32.7 Å². The van der Waals surface area contributed by atoms with E-state index in [1.165, 1.54) is 11.0 Å². The summed E-state index contributed by atoms with van der Waals surface area (Å²) in [5.41, 5.74) is 1.27. The Bertz CT molecular complexity index is 429. The maximum Gasteiger partial charge on any atom is 0.328 e. The van der Waals surface area contributed by atoms with Gasteiger partial charge in [-0.3, -0.25) is 0 Å². The molecule has 1 rings (SSSR count). The molecule has 100 valence electrons. The highest BCUT2D eigenvalue weighted by atomic mass is 32.1. The van der Waals surface area contributed by atoms with Crippen LogP contribution in [0.1, 0.15) is 31.2 Å². The van der Waals surface area contributed by atoms with Crippen LogP contribution in [0.15, 0.2) is 17.5 Å². The van der Waals surface area contributed by atoms with Crippen LogP contribution in [0.4, 0.5) is 0 Å². The van der Waals surface area contributed by atoms with Crippen molar-refractivity contribution in [3.8, 4) is 0 Å². The molecule has 0 fully saturated rings. The second-order valence-electron chi connectivity index (χ2n) is 5.70. The molecular weight excluding hydrogens is 246 g/mol. The van der Waals surface area contributed by atoms with Gasteiger partial charge >= 0.3 is 5.97 Å². The molecule has 1 aromatic heterocycles. The summed E-state index contributed by atoms with van der Waals surface area (Å²) < 4.78 is 0. The Morgan fingerprint density at radius 2 is 2.17 bits per heavy atom. The molecule has 0 saturated heterocycles. The third-order valence-corrected chi connectivity index (χ3v) is 3.26. The molecule has 0 atom stereocenters. The predicted molar refractivity (Wildman–Crippen MR) is 76.8 cm³/mol. The van der Waals surface area contributed by atoms with E-state index in [1.807, 2.05) is 11.4 Å². The zero-order chi connectivity index (χ0) is 13.8. The van der Waals surface area contributed by atoms with Crippen molar-refractivity contribution >= 4 is 23.4 Å². The van der Waals surface area contributed by atoms with Gasteiger partial charge in [0, 0.05) is 24.0 Å². The Kier molecular flexibility index (Phi) is 5.11. The SMILES string of the molecule is CN(Cc1sccc1C=CC(=O)O)CC(C)(C)C. The number of carboxylic acids is 1. The van der Waals surface area contributed by atoms with Crippen LogP contribution in [0.25, 0.3) is 6.08 Å². The van der Waals surface area contributed by atoms with E-state index < -0.39 is 5.97 Å². The molecule has 0 aliphatic heterocycles. The first-order valence-corrected chi connectivity index (χ1v) is 6.82. The van der Waals surface area contributed by atoms with Gasteiger partial charge in [-0.05, 0) is 35.5 Å². The number of hydrogen-bond donors (Lipinski definition) is 1. The maximum absolute atomic E-state index is 10.5. The zero-order valence-electron chi connectivity index (χ0n) is 11.4. The highest BCUT2D eigenvalue weighted by Gasteiger charge is 2.14. The molecule has 0 unspecified atom stereocenters. The second-order valence-corrected chi connectivity index (χ2v) is 6.70. The standard InChI is InChI=1S/C14H21NO2S/c1-14(2,3)10-15(4)9-12-11(7-8-18-12)5-6-13(16)17/h5-8H,9-10H2,1-4H3,(H,16,17). The molecular formula is C14H21NO2S. The summed E-state index contributed by atoms with van der Waals surface area (Å²) in [6.45, 7) is 8.50. The van der Waals surface area contributed by atoms with Crippen molar-refractivity contribution in [2.24, 2.45) is 5.41 Å². The van der Waals surface area contributed by atoms with Crippen molar-refractivity contribution < 1.29 is 9.90 Å². The fourth-order valence-electron chi connectivity index (χ4n) is 1.90. The number of nitrogens with zero attached hydrogens (tertiary/aromatic N) is 1. The third kappa shape index (κ3) is 5.47. The van der Waals surface area contributed by atoms with Gasteiger partial charge in [-0.25, -0.2) is 4.79 Å². The van der Waals surface area contributed by atoms with Crippen molar-refractivity contribution in [3.05, 3.63) is 28.0 Å². The van der Waals surface area contributed by atoms with Gasteiger partial charge < -0.3 is 10.0 Å². The summed E-state index contributed by atoms with van der Waals surface area (Å²) in [6.07, 6.45) is 2.86. The Morgan fingerprint density at radius 3 is 2.72 bits per heavy atom. The highest BCUT2D eigenvalue weighted by Crippen LogP contribution is 2.22. The van der Waals surface area contributed by atoms with Gasteiger partial charge in [0.1, 0.15) is 0 Å². The van der Waals surface area contributed by atoms with Crippen LogP contribution in [0.2, 0.25) is 0 Å². The van der Waals surface area contributed by atoms with E-state index >= 15 is 0 Å². The molecule has 0 saturated carbocycles. The van der Waals surface area contributed by atoms with Crippen LogP contribution in [0.5, 0.6) is 0 Å². The van der Waals surface area contributed by atoms with Gasteiger partial charge in [0.25, 0.3) is 0 Å². The monoisotopic (exact) mass is 267 g/mol. The van der Waals surface area contributed by atoms with E-state index in [4.69, 9.17) is 5.11 Å². The van der Waals surface area contributed by atoms with E-state index in [1.54, 1.807) is 17.4 Å². The number of rotatable bonds is 5. The normalized spacial score (nSPS) is 12.5. The van der Waals surface area contributed by atoms with Crippen LogP contribution in [0.3, 0.4) is 0 Å². The lowest BCUT2D eigenvalue weighted by atomic mass is 9.96. The van der Waals surface area contributed by atoms with Crippen LogP contribution in [-0.2, 0) is 11.3 Å². The Hall–Kier alpha value is -1.13. The lowest BCUT2D eigenvalue weighted by Gasteiger charge is -2.26. The van der Waals surface area contributed by atoms with Crippen molar-refractivity contribution in [2.75, 3.05) is 13.6 Å². The van der Waals surface area contributed by atoms with Crippen molar-refractivity contribution in [2.45, 2.75) is 27.3 Å². The topological polar surface area (TPSA) is 40.5 Å². The van der Waals surface area contributed by atoms with Crippen LogP contribution in [-0.4, -0.2) is 29.6 Å². The molecule has 0 radical (unpaired) electrons. The smallest absolute Gasteiger partial charge is 0.328 e. The molecule has 0 amide bonds. The minimum atomic E-state index is -0.907. The van der Waals surface area contributed by atoms with Crippen LogP contribution >= 0.6 is 11.3 Å². The zero-order valence-corrected chi connectivity index (χ0v) is 12.3. The van der Waals surface area contributed by atoms with Crippen molar-refractivity contribution in [3.63, 3.8) is 0 Å². The molecule has 0 aliphatic carbocycles. The van der Waals surface area contributed by atoms with Gasteiger partial charge in [0.2, 0.25) is 0 Å². The van der Waals surface area contributed by atoms with Crippen molar-refractivity contribution in [1.82, 2.24) is 4.90 Å². The Labute approximate surface area is 113 Å². The first-order chi connectivity index (χ1) is 8.28. The first-order valence-electron chi connectivity index (χ1n) is 5.94. The average molecular weight is 267 g/mol. The molecule has 0 spiro atoms. The number of hydrogen-bond acceptors (Lipinski definition) is 3. The summed E-state index contributed by atoms with van der Waals surface area (Å²) in [5.74, 6) is -0.907. The average Bonchev–Trinajstić information content (AvgIpc) is 2.59. The van der Waals surface area contributed by atoms with Crippen molar-refractivity contribution in [1.29, 1.82) is 0 Å². The van der Waals surface area contributed by atoms with E-state index in [0.29, 0.717) is 0 Å². The van der Waals surface area contributed by atoms with Crippen LogP contribution in [0, 0.1) is 5.41 Å². The molecule has 0 aromatic carbocycles. The summed E-state index contributed by atoms with van der Waals surface area (Å²) >= 11 is 1.67. The summed E-state index contributed by atoms with van der Waals surface area (Å²) in [4.78, 5) is 14.0. The van der Waals surface area contributed by atoms with Gasteiger partial charge in [-0.15, -0.1) is 11.3 Å². The van der Waals surface area contributed by atoms with Gasteiger partial charge in [0.15, 0.2) is 0 Å². The first kappa shape index (κ1) is 14.9. The molecule has 18 heavy (non-hydrogen) atoms. The maximum atomic E-state index is 10.5. The molecule has 0 bridgehead atoms. The quantitative estimate of drug-likeness (QED) is 0.832. The fraction of sp³-hybridized carbons (Fsp3) is 0.500. The Balaban J connectivity index is 2.68. The largest absolute Gasteiger partial charge is 0.478 e. The summed E-state index contributed by atoms with van der Waals surface area (Å²) in [6, 6.07) is 1.96. The number of thiophene rings is 1. The predicted octanol–water partition coefficient (Wildman–Crippen LogP) is 3.32. The molecule has 1 aromatic rings. The fourth-order valence-corrected chi connectivity index (χ4v) is 2.85. The lowest BCUT2D eigenvalue weighted by molar-refractivity contribution is -0.131.